The van der Waals surface area contributed by atoms with Gasteiger partial charge in [-0.1, -0.05) is 0 Å². The highest BCUT2D eigenvalue weighted by Crippen LogP contribution is 2.33. The van der Waals surface area contributed by atoms with Gasteiger partial charge in [0, 0.05) is 12.6 Å². The highest BCUT2D eigenvalue weighted by atomic mass is 16.7. The number of hydrogen-bond acceptors (Lipinski definition) is 6. The van der Waals surface area contributed by atoms with Crippen molar-refractivity contribution in [1.29, 1.82) is 0 Å². The Hall–Kier alpha value is -2.09. The number of rotatable bonds is 2. The highest BCUT2D eigenvalue weighted by Gasteiger charge is 2.68. The van der Waals surface area contributed by atoms with Crippen LogP contribution in [0.15, 0.2) is 16.7 Å². The lowest BCUT2D eigenvalue weighted by molar-refractivity contribution is -0.791. The van der Waals surface area contributed by atoms with Gasteiger partial charge in [0.2, 0.25) is 0 Å². The molecule has 0 spiro atoms. The first kappa shape index (κ1) is 11.0. The molecule has 3 heterocycles. The minimum absolute atomic E-state index is 0.00345. The molecule has 0 saturated carbocycles. The minimum atomic E-state index is -2.36. The molecule has 0 amide bonds. The second-order valence-electron chi connectivity index (χ2n) is 4.85. The maximum Gasteiger partial charge on any atom is 0.648 e. The number of fused-ring (bicyclic) bond motifs is 1. The third kappa shape index (κ3) is 1.20. The molecule has 18 heavy (non-hydrogen) atoms. The maximum absolute atomic E-state index is 11.5. The Bertz CT molecular complexity index is 544. The van der Waals surface area contributed by atoms with Crippen LogP contribution in [-0.2, 0) is 18.9 Å². The van der Waals surface area contributed by atoms with Crippen LogP contribution in [0, 0.1) is 0 Å². The molecule has 8 heteroatoms. The van der Waals surface area contributed by atoms with Crippen LogP contribution in [0.3, 0.4) is 0 Å². The third-order valence-corrected chi connectivity index (χ3v) is 3.52. The Balaban J connectivity index is 2.13. The Kier molecular flexibility index (Phi) is 1.98. The van der Waals surface area contributed by atoms with E-state index in [1.165, 1.54) is 12.3 Å². The van der Waals surface area contributed by atoms with Crippen molar-refractivity contribution in [3.05, 3.63) is 17.9 Å². The lowest BCUT2D eigenvalue weighted by Gasteiger charge is -2.38. The molecule has 7 nitrogen and oxygen atoms in total. The van der Waals surface area contributed by atoms with E-state index in [1.54, 1.807) is 7.05 Å². The summed E-state index contributed by atoms with van der Waals surface area (Å²) in [5.74, 6) is -0.900. The van der Waals surface area contributed by atoms with Gasteiger partial charge in [0.05, 0.1) is 6.26 Å². The normalized spacial score (nSPS) is 34.1. The van der Waals surface area contributed by atoms with Crippen LogP contribution in [0.4, 0.5) is 0 Å². The lowest BCUT2D eigenvalue weighted by atomic mass is 9.65. The fourth-order valence-corrected chi connectivity index (χ4v) is 2.64. The van der Waals surface area contributed by atoms with E-state index in [-0.39, 0.29) is 23.1 Å². The number of carbonyl (C=O) groups is 3. The molecular formula is C10H10BNO6. The zero-order valence-electron chi connectivity index (χ0n) is 9.62. The highest BCUT2D eigenvalue weighted by molar-refractivity contribution is 6.78. The predicted molar refractivity (Wildman–Crippen MR) is 57.6 cm³/mol. The van der Waals surface area contributed by atoms with Gasteiger partial charge in [-0.25, -0.2) is 0 Å². The van der Waals surface area contributed by atoms with E-state index in [0.29, 0.717) is 11.8 Å². The summed E-state index contributed by atoms with van der Waals surface area (Å²) in [6.07, 6.45) is 1.85. The number of aldehydes is 1. The average molecular weight is 251 g/mol. The molecule has 3 rings (SSSR count). The van der Waals surface area contributed by atoms with Crippen LogP contribution in [0.1, 0.15) is 10.4 Å². The van der Waals surface area contributed by atoms with Crippen molar-refractivity contribution in [2.45, 2.75) is 0 Å². The van der Waals surface area contributed by atoms with Crippen molar-refractivity contribution in [1.82, 2.24) is 0 Å². The Morgan fingerprint density at radius 3 is 2.39 bits per heavy atom. The largest absolute Gasteiger partial charge is 0.648 e. The standard InChI is InChI=1S/C10H10BNO6/c1-12-3-9(14)17-11(12,18-10(15)4-12)8-2-7(5-13)6-16-8/h2,5-6H,3-4H2,1H3. The molecular weight excluding hydrogens is 241 g/mol. The van der Waals surface area contributed by atoms with Crippen LogP contribution in [0.25, 0.3) is 0 Å². The van der Waals surface area contributed by atoms with Gasteiger partial charge in [0.1, 0.15) is 18.7 Å². The molecule has 2 saturated heterocycles. The summed E-state index contributed by atoms with van der Waals surface area (Å²) in [6.45, 7) is -2.27. The first-order valence-electron chi connectivity index (χ1n) is 5.45. The summed E-state index contributed by atoms with van der Waals surface area (Å²) in [5, 5.41) is 0. The van der Waals surface area contributed by atoms with Gasteiger partial charge in [0.25, 0.3) is 0 Å². The van der Waals surface area contributed by atoms with Crippen molar-refractivity contribution in [3.8, 4) is 0 Å². The van der Waals surface area contributed by atoms with E-state index in [0.717, 1.165) is 0 Å². The summed E-state index contributed by atoms with van der Waals surface area (Å²) in [4.78, 5) is 33.7. The lowest BCUT2D eigenvalue weighted by Crippen LogP contribution is -2.67. The van der Waals surface area contributed by atoms with Crippen molar-refractivity contribution < 1.29 is 32.5 Å². The molecule has 0 radical (unpaired) electrons. The Morgan fingerprint density at radius 2 is 1.89 bits per heavy atom. The summed E-state index contributed by atoms with van der Waals surface area (Å²) in [6, 6.07) is 1.43. The third-order valence-electron chi connectivity index (χ3n) is 3.52. The smallest absolute Gasteiger partial charge is 0.594 e. The molecule has 0 bridgehead atoms. The van der Waals surface area contributed by atoms with Crippen LogP contribution >= 0.6 is 0 Å². The van der Waals surface area contributed by atoms with E-state index in [4.69, 9.17) is 13.7 Å². The number of likely N-dealkylation sites (N-methyl/N-ethyl adjacent to an activating group) is 1. The van der Waals surface area contributed by atoms with Gasteiger partial charge in [-0.15, -0.1) is 0 Å². The summed E-state index contributed by atoms with van der Waals surface area (Å²) >= 11 is 0. The Labute approximate surface area is 102 Å². The summed E-state index contributed by atoms with van der Waals surface area (Å²) in [7, 11) is 1.69. The average Bonchev–Trinajstić information content (AvgIpc) is 2.87. The van der Waals surface area contributed by atoms with E-state index in [2.05, 4.69) is 0 Å². The summed E-state index contributed by atoms with van der Waals surface area (Å²) < 4.78 is 15.7. The second kappa shape index (κ2) is 3.23. The molecule has 0 aromatic carbocycles. The van der Waals surface area contributed by atoms with E-state index >= 15 is 0 Å². The molecule has 0 N–H and O–H groups in total. The zero-order valence-corrected chi connectivity index (χ0v) is 9.62. The molecule has 0 aliphatic carbocycles. The maximum atomic E-state index is 11.5. The molecule has 0 atom stereocenters. The molecule has 2 fully saturated rings. The van der Waals surface area contributed by atoms with Crippen molar-refractivity contribution in [2.75, 3.05) is 20.1 Å². The topological polar surface area (TPSA) is 82.8 Å². The summed E-state index contributed by atoms with van der Waals surface area (Å²) in [5.41, 5.74) is 0.509. The SMILES string of the molecule is C[N+]12CC(=O)O[B-]1(c1cc(C=O)co1)OC(=O)C2. The van der Waals surface area contributed by atoms with Crippen molar-refractivity contribution >= 4 is 30.6 Å². The fraction of sp³-hybridized carbons (Fsp3) is 0.300. The number of nitrogens with zero attached hydrogens (tertiary/aromatic N) is 1. The second-order valence-corrected chi connectivity index (χ2v) is 4.85. The van der Waals surface area contributed by atoms with Crippen LogP contribution < -0.4 is 5.66 Å². The molecule has 2 aliphatic rings. The van der Waals surface area contributed by atoms with Crippen molar-refractivity contribution in [2.24, 2.45) is 0 Å². The quantitative estimate of drug-likeness (QED) is 0.485. The van der Waals surface area contributed by atoms with Gasteiger partial charge < -0.3 is 18.1 Å². The van der Waals surface area contributed by atoms with Gasteiger partial charge in [0.15, 0.2) is 6.29 Å². The first-order valence-corrected chi connectivity index (χ1v) is 5.45. The Morgan fingerprint density at radius 1 is 1.28 bits per heavy atom. The number of furan rings is 1. The van der Waals surface area contributed by atoms with E-state index < -0.39 is 18.6 Å². The molecule has 2 aliphatic heterocycles. The first-order chi connectivity index (χ1) is 8.49. The van der Waals surface area contributed by atoms with Crippen LogP contribution in [0.5, 0.6) is 0 Å². The molecule has 1 aromatic rings. The van der Waals surface area contributed by atoms with Crippen LogP contribution in [-0.4, -0.2) is 49.4 Å². The molecule has 1 aromatic heterocycles. The minimum Gasteiger partial charge on any atom is -0.594 e. The molecule has 94 valence electrons. The van der Waals surface area contributed by atoms with Gasteiger partial charge in [-0.3, -0.25) is 14.4 Å². The zero-order chi connectivity index (χ0) is 13.0. The monoisotopic (exact) mass is 251 g/mol. The predicted octanol–water partition coefficient (Wildman–Crippen LogP) is -1.20. The van der Waals surface area contributed by atoms with E-state index in [1.807, 2.05) is 0 Å². The van der Waals surface area contributed by atoms with Crippen molar-refractivity contribution in [3.63, 3.8) is 0 Å². The van der Waals surface area contributed by atoms with Crippen LogP contribution in [0.2, 0.25) is 0 Å². The van der Waals surface area contributed by atoms with Gasteiger partial charge in [-0.05, 0) is 6.07 Å². The number of carbonyl (C=O) groups excluding carboxylic acids is 3. The molecule has 0 unspecified atom stereocenters. The van der Waals surface area contributed by atoms with Gasteiger partial charge in [-0.2, -0.15) is 0 Å². The van der Waals surface area contributed by atoms with E-state index in [9.17, 15) is 14.4 Å². The number of hydrogen-bond donors (Lipinski definition) is 0. The fourth-order valence-electron chi connectivity index (χ4n) is 2.64. The van der Waals surface area contributed by atoms with Gasteiger partial charge >= 0.3 is 18.6 Å². The number of quaternary nitrogens is 1.